The van der Waals surface area contributed by atoms with E-state index >= 15 is 0 Å². The third-order valence-electron chi connectivity index (χ3n) is 2.48. The van der Waals surface area contributed by atoms with E-state index in [0.717, 1.165) is 14.8 Å². The fraction of sp³-hybridized carbons (Fsp3) is 0. The van der Waals surface area contributed by atoms with Crippen LogP contribution < -0.4 is 10.6 Å². The van der Waals surface area contributed by atoms with Crippen LogP contribution in [-0.2, 0) is 0 Å². The Hall–Kier alpha value is -1.53. The number of carbonyl (C=O) groups excluding carboxylic acids is 1. The predicted molar refractivity (Wildman–Crippen MR) is 91.8 cm³/mol. The lowest BCUT2D eigenvalue weighted by Crippen LogP contribution is -2.23. The Bertz CT molecular complexity index is 626. The van der Waals surface area contributed by atoms with Crippen molar-refractivity contribution < 1.29 is 4.79 Å². The minimum Gasteiger partial charge on any atom is -0.314 e. The van der Waals surface area contributed by atoms with Crippen LogP contribution in [0, 0.1) is 3.57 Å². The Kier molecular flexibility index (Phi) is 5.43. The van der Waals surface area contributed by atoms with Gasteiger partial charge in [-0.15, -0.1) is 0 Å². The third-order valence-corrected chi connectivity index (χ3v) is 3.55. The summed E-state index contributed by atoms with van der Waals surface area (Å²) >= 11 is 8.21. The summed E-state index contributed by atoms with van der Waals surface area (Å²) < 4.78 is 1.12. The van der Waals surface area contributed by atoms with Gasteiger partial charge in [0.15, 0.2) is 0 Å². The summed E-state index contributed by atoms with van der Waals surface area (Å²) in [6.45, 7) is 0. The molecule has 3 nitrogen and oxygen atoms in total. The number of carbonyl (C=O) groups is 1. The minimum atomic E-state index is -0.297. The highest BCUT2D eigenvalue weighted by Crippen LogP contribution is 2.15. The van der Waals surface area contributed by atoms with E-state index in [0.29, 0.717) is 5.02 Å². The van der Waals surface area contributed by atoms with E-state index in [9.17, 15) is 4.79 Å². The predicted octanol–water partition coefficient (Wildman–Crippen LogP) is 4.74. The maximum Gasteiger partial charge on any atom is 0.323 e. The Morgan fingerprint density at radius 1 is 1.10 bits per heavy atom. The van der Waals surface area contributed by atoms with Crippen LogP contribution in [-0.4, -0.2) is 6.03 Å². The highest BCUT2D eigenvalue weighted by molar-refractivity contribution is 14.1. The molecule has 2 amide bonds. The first-order valence-electron chi connectivity index (χ1n) is 5.89. The summed E-state index contributed by atoms with van der Waals surface area (Å²) in [6, 6.07) is 14.7. The van der Waals surface area contributed by atoms with Crippen molar-refractivity contribution in [1.29, 1.82) is 0 Å². The molecule has 0 heterocycles. The van der Waals surface area contributed by atoms with Gasteiger partial charge in [0.2, 0.25) is 0 Å². The van der Waals surface area contributed by atoms with Gasteiger partial charge in [-0.05, 0) is 64.6 Å². The monoisotopic (exact) mass is 398 g/mol. The maximum atomic E-state index is 11.7. The molecule has 0 atom stereocenters. The van der Waals surface area contributed by atoms with Crippen molar-refractivity contribution in [2.24, 2.45) is 0 Å². The molecule has 2 aromatic carbocycles. The smallest absolute Gasteiger partial charge is 0.314 e. The summed E-state index contributed by atoms with van der Waals surface area (Å²) in [5.74, 6) is 0. The Morgan fingerprint density at radius 3 is 2.50 bits per heavy atom. The van der Waals surface area contributed by atoms with Gasteiger partial charge in [-0.3, -0.25) is 0 Å². The second-order valence-corrected chi connectivity index (χ2v) is 5.61. The molecule has 2 N–H and O–H groups in total. The summed E-state index contributed by atoms with van der Waals surface area (Å²) in [6.07, 6.45) is 3.30. The molecule has 0 radical (unpaired) electrons. The Labute approximate surface area is 136 Å². The quantitative estimate of drug-likeness (QED) is 0.721. The molecule has 0 spiro atoms. The van der Waals surface area contributed by atoms with Crippen molar-refractivity contribution in [1.82, 2.24) is 5.32 Å². The molecular weight excluding hydrogens is 387 g/mol. The first-order valence-corrected chi connectivity index (χ1v) is 7.35. The van der Waals surface area contributed by atoms with E-state index < -0.39 is 0 Å². The molecule has 0 saturated carbocycles. The third kappa shape index (κ3) is 4.54. The van der Waals surface area contributed by atoms with Gasteiger partial charge in [0.05, 0.1) is 0 Å². The zero-order chi connectivity index (χ0) is 14.4. The van der Waals surface area contributed by atoms with Crippen LogP contribution in [0.5, 0.6) is 0 Å². The number of nitrogens with one attached hydrogen (secondary N) is 2. The van der Waals surface area contributed by atoms with E-state index in [2.05, 4.69) is 33.2 Å². The largest absolute Gasteiger partial charge is 0.323 e. The number of benzene rings is 2. The topological polar surface area (TPSA) is 41.1 Å². The fourth-order valence-corrected chi connectivity index (χ4v) is 2.08. The maximum absolute atomic E-state index is 11.7. The van der Waals surface area contributed by atoms with Gasteiger partial charge in [0, 0.05) is 20.5 Å². The van der Waals surface area contributed by atoms with Crippen molar-refractivity contribution in [3.8, 4) is 0 Å². The van der Waals surface area contributed by atoms with Crippen molar-refractivity contribution in [2.75, 3.05) is 5.32 Å². The lowest BCUT2D eigenvalue weighted by Gasteiger charge is -2.04. The Balaban J connectivity index is 1.89. The average Bonchev–Trinajstić information content (AvgIpc) is 2.43. The second-order valence-electron chi connectivity index (χ2n) is 3.96. The normalized spacial score (nSPS) is 10.5. The summed E-state index contributed by atoms with van der Waals surface area (Å²) in [5.41, 5.74) is 1.60. The molecule has 0 aliphatic heterocycles. The van der Waals surface area contributed by atoms with Crippen molar-refractivity contribution >= 4 is 52.0 Å². The summed E-state index contributed by atoms with van der Waals surface area (Å²) in [7, 11) is 0. The van der Waals surface area contributed by atoms with Crippen LogP contribution in [0.2, 0.25) is 5.02 Å². The van der Waals surface area contributed by atoms with Crippen LogP contribution in [0.3, 0.4) is 0 Å². The van der Waals surface area contributed by atoms with Gasteiger partial charge >= 0.3 is 6.03 Å². The molecule has 0 aliphatic carbocycles. The molecule has 0 bridgehead atoms. The van der Waals surface area contributed by atoms with E-state index in [1.54, 1.807) is 18.3 Å². The van der Waals surface area contributed by atoms with Gasteiger partial charge in [-0.2, -0.15) is 0 Å². The summed E-state index contributed by atoms with van der Waals surface area (Å²) in [5, 5.41) is 6.00. The number of halogens is 2. The second kappa shape index (κ2) is 7.31. The molecule has 102 valence electrons. The van der Waals surface area contributed by atoms with Crippen LogP contribution in [0.1, 0.15) is 5.56 Å². The lowest BCUT2D eigenvalue weighted by atomic mass is 10.2. The summed E-state index contributed by atoms with van der Waals surface area (Å²) in [4.78, 5) is 11.7. The minimum absolute atomic E-state index is 0.297. The van der Waals surface area contributed by atoms with E-state index in [1.807, 2.05) is 42.5 Å². The highest BCUT2D eigenvalue weighted by Gasteiger charge is 1.99. The lowest BCUT2D eigenvalue weighted by molar-refractivity contribution is 0.255. The van der Waals surface area contributed by atoms with Gasteiger partial charge in [-0.1, -0.05) is 29.8 Å². The molecule has 0 aliphatic rings. The van der Waals surface area contributed by atoms with Crippen LogP contribution in [0.25, 0.3) is 6.08 Å². The first kappa shape index (κ1) is 14.9. The van der Waals surface area contributed by atoms with Crippen LogP contribution in [0.4, 0.5) is 10.5 Å². The molecule has 2 aromatic rings. The molecule has 2 rings (SSSR count). The molecule has 20 heavy (non-hydrogen) atoms. The molecule has 0 aromatic heterocycles. The first-order chi connectivity index (χ1) is 9.65. The number of amides is 2. The van der Waals surface area contributed by atoms with E-state index in [-0.39, 0.29) is 6.03 Å². The van der Waals surface area contributed by atoms with Gasteiger partial charge in [0.1, 0.15) is 0 Å². The Morgan fingerprint density at radius 2 is 1.80 bits per heavy atom. The molecular formula is C15H12ClIN2O. The fourth-order valence-electron chi connectivity index (χ4n) is 1.52. The van der Waals surface area contributed by atoms with E-state index in [1.165, 1.54) is 0 Å². The van der Waals surface area contributed by atoms with Crippen molar-refractivity contribution in [3.05, 3.63) is 68.9 Å². The van der Waals surface area contributed by atoms with Crippen LogP contribution >= 0.6 is 34.2 Å². The van der Waals surface area contributed by atoms with Gasteiger partial charge in [0.25, 0.3) is 0 Å². The number of anilines is 1. The molecule has 0 fully saturated rings. The zero-order valence-corrected chi connectivity index (χ0v) is 13.4. The average molecular weight is 399 g/mol. The standard InChI is InChI=1S/C15H12ClIN2O/c16-14-4-2-1-3-11(14)9-10-18-15(20)19-13-7-5-12(17)6-8-13/h1-10H,(H2,18,19,20)/b10-9+. The molecule has 0 unspecified atom stereocenters. The van der Waals surface area contributed by atoms with Crippen molar-refractivity contribution in [2.45, 2.75) is 0 Å². The van der Waals surface area contributed by atoms with Crippen LogP contribution in [0.15, 0.2) is 54.7 Å². The zero-order valence-electron chi connectivity index (χ0n) is 10.4. The number of hydrogen-bond acceptors (Lipinski definition) is 1. The van der Waals surface area contributed by atoms with E-state index in [4.69, 9.17) is 11.6 Å². The molecule has 5 heteroatoms. The SMILES string of the molecule is O=C(N/C=C/c1ccccc1Cl)Nc1ccc(I)cc1. The molecule has 0 saturated heterocycles. The number of rotatable bonds is 3. The number of hydrogen-bond donors (Lipinski definition) is 2. The van der Waals surface area contributed by atoms with Crippen molar-refractivity contribution in [3.63, 3.8) is 0 Å². The van der Waals surface area contributed by atoms with Gasteiger partial charge in [-0.25, -0.2) is 4.79 Å². The van der Waals surface area contributed by atoms with Gasteiger partial charge < -0.3 is 10.6 Å². The number of urea groups is 1. The highest BCUT2D eigenvalue weighted by atomic mass is 127.